The van der Waals surface area contributed by atoms with E-state index < -0.39 is 5.72 Å². The van der Waals surface area contributed by atoms with Gasteiger partial charge in [-0.25, -0.2) is 0 Å². The fraction of sp³-hybridized carbons (Fsp3) is 1.00. The van der Waals surface area contributed by atoms with E-state index in [2.05, 4.69) is 6.92 Å². The Hall–Kier alpha value is -0.0800. The van der Waals surface area contributed by atoms with Crippen LogP contribution in [0.25, 0.3) is 0 Å². The van der Waals surface area contributed by atoms with Crippen molar-refractivity contribution < 1.29 is 5.11 Å². The molecule has 9 heavy (non-hydrogen) atoms. The third-order valence-corrected chi connectivity index (χ3v) is 1.69. The van der Waals surface area contributed by atoms with E-state index in [4.69, 9.17) is 0 Å². The highest BCUT2D eigenvalue weighted by Crippen LogP contribution is 2.12. The highest BCUT2D eigenvalue weighted by Gasteiger charge is 2.20. The molecule has 0 aliphatic carbocycles. The predicted octanol–water partition coefficient (Wildman–Crippen LogP) is 1.06. The van der Waals surface area contributed by atoms with Crippen LogP contribution in [0.4, 0.5) is 0 Å². The predicted molar refractivity (Wildman–Crippen MR) is 39.2 cm³/mol. The van der Waals surface area contributed by atoms with Crippen LogP contribution in [-0.2, 0) is 0 Å². The van der Waals surface area contributed by atoms with Crippen molar-refractivity contribution in [2.24, 2.45) is 0 Å². The molecule has 0 aromatic carbocycles. The van der Waals surface area contributed by atoms with Crippen LogP contribution in [-0.4, -0.2) is 29.8 Å². The highest BCUT2D eigenvalue weighted by atomic mass is 16.3. The maximum Gasteiger partial charge on any atom is 0.115 e. The molecule has 2 heteroatoms. The molecule has 0 saturated carbocycles. The third-order valence-electron chi connectivity index (χ3n) is 1.69. The average molecular weight is 131 g/mol. The molecule has 0 rings (SSSR count). The van der Waals surface area contributed by atoms with Gasteiger partial charge < -0.3 is 5.11 Å². The number of aliphatic hydroxyl groups is 1. The van der Waals surface area contributed by atoms with Crippen molar-refractivity contribution in [3.63, 3.8) is 0 Å². The molecule has 0 aromatic rings. The van der Waals surface area contributed by atoms with Crippen molar-refractivity contribution in [2.45, 2.75) is 32.4 Å². The van der Waals surface area contributed by atoms with Crippen LogP contribution in [0, 0.1) is 0 Å². The van der Waals surface area contributed by atoms with E-state index in [1.54, 1.807) is 0 Å². The first-order chi connectivity index (χ1) is 4.00. The molecule has 0 aliphatic heterocycles. The van der Waals surface area contributed by atoms with Gasteiger partial charge in [0.25, 0.3) is 0 Å². The zero-order valence-corrected chi connectivity index (χ0v) is 6.81. The molecule has 0 heterocycles. The van der Waals surface area contributed by atoms with E-state index in [9.17, 15) is 5.11 Å². The molecular weight excluding hydrogens is 114 g/mol. The smallest absolute Gasteiger partial charge is 0.115 e. The Morgan fingerprint density at radius 1 is 1.44 bits per heavy atom. The molecule has 0 aromatic heterocycles. The summed E-state index contributed by atoms with van der Waals surface area (Å²) in [6.45, 7) is 3.90. The van der Waals surface area contributed by atoms with Gasteiger partial charge in [-0.1, -0.05) is 13.3 Å². The minimum Gasteiger partial charge on any atom is -0.376 e. The van der Waals surface area contributed by atoms with Crippen molar-refractivity contribution in [2.75, 3.05) is 14.1 Å². The van der Waals surface area contributed by atoms with Crippen LogP contribution < -0.4 is 0 Å². The van der Waals surface area contributed by atoms with Crippen molar-refractivity contribution in [3.05, 3.63) is 0 Å². The van der Waals surface area contributed by atoms with Gasteiger partial charge in [-0.15, -0.1) is 0 Å². The number of nitrogens with zero attached hydrogens (tertiary/aromatic N) is 1. The summed E-state index contributed by atoms with van der Waals surface area (Å²) in [6, 6.07) is 0. The number of hydrogen-bond donors (Lipinski definition) is 1. The summed E-state index contributed by atoms with van der Waals surface area (Å²) < 4.78 is 0. The number of rotatable bonds is 3. The first-order valence-electron chi connectivity index (χ1n) is 3.40. The van der Waals surface area contributed by atoms with Gasteiger partial charge in [-0.05, 0) is 27.4 Å². The Morgan fingerprint density at radius 2 is 1.89 bits per heavy atom. The standard InChI is InChI=1S/C7H17NO/c1-5-6-7(2,9)8(3)4/h9H,5-6H2,1-4H3. The lowest BCUT2D eigenvalue weighted by atomic mass is 10.1. The van der Waals surface area contributed by atoms with E-state index in [0.29, 0.717) is 0 Å². The first-order valence-corrected chi connectivity index (χ1v) is 3.40. The van der Waals surface area contributed by atoms with Crippen LogP contribution >= 0.6 is 0 Å². The minimum atomic E-state index is -0.616. The summed E-state index contributed by atoms with van der Waals surface area (Å²) in [5.74, 6) is 0. The Labute approximate surface area is 57.5 Å². The van der Waals surface area contributed by atoms with Gasteiger partial charge in [-0.2, -0.15) is 0 Å². The van der Waals surface area contributed by atoms with Crippen LogP contribution in [0.5, 0.6) is 0 Å². The molecule has 56 valence electrons. The number of hydrogen-bond acceptors (Lipinski definition) is 2. The van der Waals surface area contributed by atoms with E-state index in [-0.39, 0.29) is 0 Å². The first kappa shape index (κ1) is 8.92. The Kier molecular flexibility index (Phi) is 3.15. The van der Waals surface area contributed by atoms with Crippen LogP contribution in [0.3, 0.4) is 0 Å². The average Bonchev–Trinajstić information content (AvgIpc) is 1.65. The monoisotopic (exact) mass is 131 g/mol. The molecule has 1 atom stereocenters. The maximum atomic E-state index is 9.52. The molecule has 0 fully saturated rings. The zero-order valence-electron chi connectivity index (χ0n) is 6.81. The van der Waals surface area contributed by atoms with E-state index in [1.807, 2.05) is 25.9 Å². The fourth-order valence-corrected chi connectivity index (χ4v) is 0.697. The fourth-order valence-electron chi connectivity index (χ4n) is 0.697. The summed E-state index contributed by atoms with van der Waals surface area (Å²) in [7, 11) is 3.77. The highest BCUT2D eigenvalue weighted by molar-refractivity contribution is 4.66. The topological polar surface area (TPSA) is 23.5 Å². The molecule has 0 saturated heterocycles. The third kappa shape index (κ3) is 2.82. The summed E-state index contributed by atoms with van der Waals surface area (Å²) in [6.07, 6.45) is 1.85. The normalized spacial score (nSPS) is 18.0. The molecule has 2 nitrogen and oxygen atoms in total. The summed E-state index contributed by atoms with van der Waals surface area (Å²) in [4.78, 5) is 1.83. The minimum absolute atomic E-state index is 0.616. The van der Waals surface area contributed by atoms with Gasteiger partial charge in [-0.3, -0.25) is 4.90 Å². The lowest BCUT2D eigenvalue weighted by molar-refractivity contribution is -0.0722. The van der Waals surface area contributed by atoms with Gasteiger partial charge in [0.2, 0.25) is 0 Å². The van der Waals surface area contributed by atoms with Crippen molar-refractivity contribution in [1.29, 1.82) is 0 Å². The lowest BCUT2D eigenvalue weighted by Crippen LogP contribution is -2.40. The second-order valence-electron chi connectivity index (χ2n) is 2.86. The van der Waals surface area contributed by atoms with Gasteiger partial charge in [0.15, 0.2) is 0 Å². The van der Waals surface area contributed by atoms with E-state index in [1.165, 1.54) is 0 Å². The van der Waals surface area contributed by atoms with E-state index >= 15 is 0 Å². The van der Waals surface area contributed by atoms with Crippen molar-refractivity contribution >= 4 is 0 Å². The Morgan fingerprint density at radius 3 is 2.00 bits per heavy atom. The SMILES string of the molecule is CCCC(C)(O)N(C)C. The van der Waals surface area contributed by atoms with Gasteiger partial charge >= 0.3 is 0 Å². The molecule has 0 amide bonds. The van der Waals surface area contributed by atoms with Crippen LogP contribution in [0.15, 0.2) is 0 Å². The van der Waals surface area contributed by atoms with Crippen LogP contribution in [0.1, 0.15) is 26.7 Å². The molecule has 1 N–H and O–H groups in total. The molecule has 0 bridgehead atoms. The largest absolute Gasteiger partial charge is 0.376 e. The summed E-state index contributed by atoms with van der Waals surface area (Å²) >= 11 is 0. The van der Waals surface area contributed by atoms with Gasteiger partial charge in [0.05, 0.1) is 0 Å². The Balaban J connectivity index is 3.70. The van der Waals surface area contributed by atoms with E-state index in [0.717, 1.165) is 12.8 Å². The van der Waals surface area contributed by atoms with Gasteiger partial charge in [0.1, 0.15) is 5.72 Å². The molecular formula is C7H17NO. The molecule has 0 aliphatic rings. The lowest BCUT2D eigenvalue weighted by Gasteiger charge is -2.30. The summed E-state index contributed by atoms with van der Waals surface area (Å²) in [5, 5.41) is 9.52. The molecule has 1 unspecified atom stereocenters. The zero-order chi connectivity index (χ0) is 7.49. The van der Waals surface area contributed by atoms with Crippen LogP contribution in [0.2, 0.25) is 0 Å². The second kappa shape index (κ2) is 3.18. The van der Waals surface area contributed by atoms with Crippen molar-refractivity contribution in [1.82, 2.24) is 4.90 Å². The second-order valence-corrected chi connectivity index (χ2v) is 2.86. The maximum absolute atomic E-state index is 9.52. The van der Waals surface area contributed by atoms with Gasteiger partial charge in [0, 0.05) is 0 Å². The molecule has 0 spiro atoms. The van der Waals surface area contributed by atoms with Crippen molar-refractivity contribution in [3.8, 4) is 0 Å². The molecule has 0 radical (unpaired) electrons. The Bertz CT molecular complexity index is 79.0. The quantitative estimate of drug-likeness (QED) is 0.579. The summed E-state index contributed by atoms with van der Waals surface area (Å²) in [5.41, 5.74) is -0.616.